The zero-order valence-electron chi connectivity index (χ0n) is 16.2. The van der Waals surface area contributed by atoms with Gasteiger partial charge in [-0.15, -0.1) is 0 Å². The van der Waals surface area contributed by atoms with Crippen LogP contribution in [0.2, 0.25) is 0 Å². The second-order valence-corrected chi connectivity index (χ2v) is 6.88. The summed E-state index contributed by atoms with van der Waals surface area (Å²) >= 11 is 0. The van der Waals surface area contributed by atoms with Crippen LogP contribution in [0.5, 0.6) is 0 Å². The van der Waals surface area contributed by atoms with Crippen LogP contribution in [0.3, 0.4) is 0 Å². The summed E-state index contributed by atoms with van der Waals surface area (Å²) in [5.74, 6) is 0.0535. The third-order valence-electron chi connectivity index (χ3n) is 4.32. The molecule has 8 heteroatoms. The van der Waals surface area contributed by atoms with E-state index in [1.807, 2.05) is 19.0 Å². The Labute approximate surface area is 167 Å². The highest BCUT2D eigenvalue weighted by Gasteiger charge is 2.15. The summed E-state index contributed by atoms with van der Waals surface area (Å²) in [4.78, 5) is 6.43. The molecule has 0 aliphatic carbocycles. The first-order valence-corrected chi connectivity index (χ1v) is 9.01. The number of nitrogen functional groups attached to an aromatic ring is 1. The standard InChI is InChI=1S/C21H22F2N6/c1-29(2)10-9-19-26-21(28-27-19)14-11-16(20(25)17(23)12-14)18(24)8-5-13-3-6-15(22)7-4-13/h3-8,11-12,24H,9-10,25H2,1-2H3,(H,26,27,28)/b8-5+,24-18?. The highest BCUT2D eigenvalue weighted by molar-refractivity contribution is 6.12. The van der Waals surface area contributed by atoms with Crippen molar-refractivity contribution in [3.05, 3.63) is 71.1 Å². The number of hydrogen-bond donors (Lipinski definition) is 3. The highest BCUT2D eigenvalue weighted by Crippen LogP contribution is 2.25. The van der Waals surface area contributed by atoms with Gasteiger partial charge in [-0.1, -0.05) is 18.2 Å². The summed E-state index contributed by atoms with van der Waals surface area (Å²) < 4.78 is 27.4. The van der Waals surface area contributed by atoms with Crippen LogP contribution in [-0.2, 0) is 6.42 Å². The average Bonchev–Trinajstić information content (AvgIpc) is 3.17. The van der Waals surface area contributed by atoms with Crippen LogP contribution in [0.1, 0.15) is 17.0 Å². The minimum Gasteiger partial charge on any atom is -0.396 e. The molecule has 0 bridgehead atoms. The molecule has 0 aliphatic rings. The molecule has 0 radical (unpaired) electrons. The van der Waals surface area contributed by atoms with Crippen molar-refractivity contribution in [1.29, 1.82) is 5.41 Å². The predicted molar refractivity (Wildman–Crippen MR) is 111 cm³/mol. The molecule has 1 aromatic heterocycles. The summed E-state index contributed by atoms with van der Waals surface area (Å²) in [5.41, 5.74) is 7.13. The van der Waals surface area contributed by atoms with Crippen molar-refractivity contribution in [3.63, 3.8) is 0 Å². The lowest BCUT2D eigenvalue weighted by Crippen LogP contribution is -2.15. The number of nitrogens with zero attached hydrogens (tertiary/aromatic N) is 3. The molecule has 0 atom stereocenters. The molecule has 0 saturated carbocycles. The van der Waals surface area contributed by atoms with E-state index in [4.69, 9.17) is 11.1 Å². The van der Waals surface area contributed by atoms with Crippen LogP contribution in [0.4, 0.5) is 14.5 Å². The number of nitrogens with two attached hydrogens (primary N) is 1. The van der Waals surface area contributed by atoms with Crippen molar-refractivity contribution in [3.8, 4) is 11.4 Å². The van der Waals surface area contributed by atoms with Crippen molar-refractivity contribution in [2.24, 2.45) is 0 Å². The van der Waals surface area contributed by atoms with Gasteiger partial charge in [0.1, 0.15) is 17.5 Å². The van der Waals surface area contributed by atoms with E-state index in [2.05, 4.69) is 15.2 Å². The lowest BCUT2D eigenvalue weighted by atomic mass is 10.0. The summed E-state index contributed by atoms with van der Waals surface area (Å²) in [6.07, 6.45) is 3.81. The molecule has 29 heavy (non-hydrogen) atoms. The SMILES string of the molecule is CN(C)CCc1nc(-c2cc(F)c(N)c(C(=N)/C=C/c3ccc(F)cc3)c2)n[nH]1. The minimum absolute atomic E-state index is 0.0240. The van der Waals surface area contributed by atoms with Crippen LogP contribution in [0.25, 0.3) is 17.5 Å². The van der Waals surface area contributed by atoms with Crippen molar-refractivity contribution in [2.75, 3.05) is 26.4 Å². The Morgan fingerprint density at radius 2 is 1.93 bits per heavy atom. The third kappa shape index (κ3) is 5.11. The molecule has 3 rings (SSSR count). The van der Waals surface area contributed by atoms with Crippen molar-refractivity contribution < 1.29 is 8.78 Å². The molecule has 2 aromatic carbocycles. The molecule has 150 valence electrons. The summed E-state index contributed by atoms with van der Waals surface area (Å²) in [5, 5.41) is 15.3. The number of rotatable bonds is 7. The Morgan fingerprint density at radius 1 is 1.21 bits per heavy atom. The normalized spacial score (nSPS) is 11.5. The van der Waals surface area contributed by atoms with Gasteiger partial charge in [-0.3, -0.25) is 5.10 Å². The van der Waals surface area contributed by atoms with Crippen LogP contribution in [0.15, 0.2) is 42.5 Å². The van der Waals surface area contributed by atoms with Gasteiger partial charge in [-0.2, -0.15) is 5.10 Å². The lowest BCUT2D eigenvalue weighted by molar-refractivity contribution is 0.410. The molecule has 6 nitrogen and oxygen atoms in total. The number of allylic oxidation sites excluding steroid dienone is 1. The number of aromatic nitrogens is 3. The fourth-order valence-corrected chi connectivity index (χ4v) is 2.68. The Kier molecular flexibility index (Phi) is 6.13. The van der Waals surface area contributed by atoms with Gasteiger partial charge in [-0.05, 0) is 50.0 Å². The van der Waals surface area contributed by atoms with Gasteiger partial charge < -0.3 is 16.0 Å². The predicted octanol–water partition coefficient (Wildman–Crippen LogP) is 3.52. The zero-order chi connectivity index (χ0) is 21.0. The summed E-state index contributed by atoms with van der Waals surface area (Å²) in [7, 11) is 3.92. The van der Waals surface area contributed by atoms with Crippen molar-refractivity contribution >= 4 is 17.5 Å². The topological polar surface area (TPSA) is 94.7 Å². The number of halogens is 2. The molecular weight excluding hydrogens is 374 g/mol. The molecule has 4 N–H and O–H groups in total. The van der Waals surface area contributed by atoms with Crippen LogP contribution in [0, 0.1) is 17.0 Å². The van der Waals surface area contributed by atoms with Crippen molar-refractivity contribution in [2.45, 2.75) is 6.42 Å². The van der Waals surface area contributed by atoms with E-state index in [1.165, 1.54) is 24.3 Å². The number of anilines is 1. The van der Waals surface area contributed by atoms with Gasteiger partial charge in [0.15, 0.2) is 5.82 Å². The maximum Gasteiger partial charge on any atom is 0.181 e. The van der Waals surface area contributed by atoms with Gasteiger partial charge in [0.2, 0.25) is 0 Å². The monoisotopic (exact) mass is 396 g/mol. The third-order valence-corrected chi connectivity index (χ3v) is 4.32. The highest BCUT2D eigenvalue weighted by atomic mass is 19.1. The maximum atomic E-state index is 14.4. The Hall–Kier alpha value is -3.39. The molecule has 0 aliphatic heterocycles. The number of hydrogen-bond acceptors (Lipinski definition) is 5. The summed E-state index contributed by atoms with van der Waals surface area (Å²) in [6.45, 7) is 0.800. The molecule has 3 aromatic rings. The lowest BCUT2D eigenvalue weighted by Gasteiger charge is -2.08. The van der Waals surface area contributed by atoms with Gasteiger partial charge in [0, 0.05) is 24.1 Å². The van der Waals surface area contributed by atoms with E-state index in [-0.39, 0.29) is 22.8 Å². The summed E-state index contributed by atoms with van der Waals surface area (Å²) in [6, 6.07) is 8.68. The fraction of sp³-hybridized carbons (Fsp3) is 0.190. The van der Waals surface area contributed by atoms with Gasteiger partial charge in [0.05, 0.1) is 11.4 Å². The second-order valence-electron chi connectivity index (χ2n) is 6.88. The van der Waals surface area contributed by atoms with Gasteiger partial charge in [-0.25, -0.2) is 13.8 Å². The van der Waals surface area contributed by atoms with E-state index < -0.39 is 5.82 Å². The molecule has 0 spiro atoms. The largest absolute Gasteiger partial charge is 0.396 e. The first-order chi connectivity index (χ1) is 13.8. The van der Waals surface area contributed by atoms with E-state index >= 15 is 0 Å². The number of nitrogens with one attached hydrogen (secondary N) is 2. The first kappa shape index (κ1) is 20.3. The zero-order valence-corrected chi connectivity index (χ0v) is 16.2. The Bertz CT molecular complexity index is 1040. The van der Waals surface area contributed by atoms with Crippen molar-refractivity contribution in [1.82, 2.24) is 20.1 Å². The minimum atomic E-state index is -0.642. The number of likely N-dealkylation sites (N-methyl/N-ethyl adjacent to an activating group) is 1. The number of H-pyrrole nitrogens is 1. The first-order valence-electron chi connectivity index (χ1n) is 9.01. The fourth-order valence-electron chi connectivity index (χ4n) is 2.68. The smallest absolute Gasteiger partial charge is 0.181 e. The maximum absolute atomic E-state index is 14.4. The van der Waals surface area contributed by atoms with Crippen LogP contribution in [-0.4, -0.2) is 46.4 Å². The van der Waals surface area contributed by atoms with Crippen LogP contribution < -0.4 is 5.73 Å². The Morgan fingerprint density at radius 3 is 2.62 bits per heavy atom. The average molecular weight is 396 g/mol. The van der Waals surface area contributed by atoms with Gasteiger partial charge in [0.25, 0.3) is 0 Å². The van der Waals surface area contributed by atoms with E-state index in [0.29, 0.717) is 29.2 Å². The molecule has 1 heterocycles. The van der Waals surface area contributed by atoms with Gasteiger partial charge >= 0.3 is 0 Å². The number of aromatic amines is 1. The Balaban J connectivity index is 1.85. The molecule has 0 amide bonds. The van der Waals surface area contributed by atoms with Crippen LogP contribution >= 0.6 is 0 Å². The van der Waals surface area contributed by atoms with E-state index in [0.717, 1.165) is 6.54 Å². The van der Waals surface area contributed by atoms with E-state index in [9.17, 15) is 8.78 Å². The van der Waals surface area contributed by atoms with E-state index in [1.54, 1.807) is 24.3 Å². The molecule has 0 unspecified atom stereocenters. The molecule has 0 saturated heterocycles. The molecule has 0 fully saturated rings. The number of benzene rings is 2. The quantitative estimate of drug-likeness (QED) is 0.421. The molecular formula is C21H22F2N6. The second kappa shape index (κ2) is 8.74.